The lowest BCUT2D eigenvalue weighted by molar-refractivity contribution is 0.415. The number of hydrogen-bond donors (Lipinski definition) is 0. The first-order valence-corrected chi connectivity index (χ1v) is 4.64. The molecule has 0 aliphatic carbocycles. The van der Waals surface area contributed by atoms with Crippen LogP contribution in [0, 0.1) is 5.82 Å². The van der Waals surface area contributed by atoms with E-state index >= 15 is 0 Å². The largest absolute Gasteiger partial charge is 0.492 e. The fraction of sp³-hybridized carbons (Fsp3) is 0.100. The fourth-order valence-corrected chi connectivity index (χ4v) is 1.51. The van der Waals surface area contributed by atoms with Crippen molar-refractivity contribution in [2.24, 2.45) is 0 Å². The number of benzene rings is 1. The average Bonchev–Trinajstić information content (AvgIpc) is 2.60. The van der Waals surface area contributed by atoms with E-state index in [0.29, 0.717) is 11.4 Å². The minimum Gasteiger partial charge on any atom is -0.492 e. The molecule has 1 heterocycles. The first-order chi connectivity index (χ1) is 7.24. The molecule has 0 bridgehead atoms. The average molecular weight is 227 g/mol. The molecule has 1 aromatic carbocycles. The van der Waals surface area contributed by atoms with E-state index in [0.717, 1.165) is 0 Å². The fourth-order valence-electron chi connectivity index (χ4n) is 1.25. The minimum absolute atomic E-state index is 0.252. The molecule has 0 atom stereocenters. The third kappa shape index (κ3) is 1.68. The molecule has 0 fully saturated rings. The van der Waals surface area contributed by atoms with Gasteiger partial charge < -0.3 is 4.74 Å². The maximum absolute atomic E-state index is 13.4. The van der Waals surface area contributed by atoms with E-state index in [2.05, 4.69) is 5.10 Å². The lowest BCUT2D eigenvalue weighted by Crippen LogP contribution is -1.99. The summed E-state index contributed by atoms with van der Waals surface area (Å²) in [4.78, 5) is 0. The van der Waals surface area contributed by atoms with Gasteiger partial charge in [-0.1, -0.05) is 23.7 Å². The van der Waals surface area contributed by atoms with Crippen LogP contribution in [0.2, 0.25) is 5.15 Å². The summed E-state index contributed by atoms with van der Waals surface area (Å²) in [5, 5.41) is 4.19. The second kappa shape index (κ2) is 3.90. The number of nitrogens with zero attached hydrogens (tertiary/aromatic N) is 2. The molecule has 5 heteroatoms. The third-order valence-corrected chi connectivity index (χ3v) is 2.33. The number of rotatable bonds is 2. The van der Waals surface area contributed by atoms with Crippen LogP contribution in [0.15, 0.2) is 30.5 Å². The Hall–Kier alpha value is -1.55. The molecule has 2 aromatic rings. The minimum atomic E-state index is -0.384. The molecule has 78 valence electrons. The van der Waals surface area contributed by atoms with E-state index in [1.807, 2.05) is 0 Å². The summed E-state index contributed by atoms with van der Waals surface area (Å²) in [6.45, 7) is 0. The first kappa shape index (κ1) is 9.98. The number of para-hydroxylation sites is 1. The second-order valence-corrected chi connectivity index (χ2v) is 3.22. The Morgan fingerprint density at radius 2 is 2.13 bits per heavy atom. The number of aromatic nitrogens is 2. The highest BCUT2D eigenvalue weighted by Gasteiger charge is 2.12. The van der Waals surface area contributed by atoms with Crippen molar-refractivity contribution >= 4 is 11.6 Å². The maximum atomic E-state index is 13.4. The van der Waals surface area contributed by atoms with Crippen molar-refractivity contribution in [2.75, 3.05) is 7.11 Å². The van der Waals surface area contributed by atoms with Crippen molar-refractivity contribution < 1.29 is 9.13 Å². The van der Waals surface area contributed by atoms with Crippen LogP contribution in [0.1, 0.15) is 0 Å². The molecular weight excluding hydrogens is 219 g/mol. The highest BCUT2D eigenvalue weighted by molar-refractivity contribution is 6.31. The van der Waals surface area contributed by atoms with Gasteiger partial charge in [0.15, 0.2) is 10.9 Å². The van der Waals surface area contributed by atoms with Gasteiger partial charge in [-0.3, -0.25) is 0 Å². The Morgan fingerprint density at radius 1 is 1.40 bits per heavy atom. The summed E-state index contributed by atoms with van der Waals surface area (Å²) in [5.41, 5.74) is 0.297. The molecule has 0 saturated carbocycles. The highest BCUT2D eigenvalue weighted by atomic mass is 35.5. The number of methoxy groups -OCH3 is 1. The van der Waals surface area contributed by atoms with E-state index in [9.17, 15) is 4.39 Å². The molecule has 0 amide bonds. The summed E-state index contributed by atoms with van der Waals surface area (Å²) >= 11 is 5.94. The molecule has 0 N–H and O–H groups in total. The Bertz CT molecular complexity index is 484. The van der Waals surface area contributed by atoms with Crippen LogP contribution >= 0.6 is 11.6 Å². The van der Waals surface area contributed by atoms with Gasteiger partial charge >= 0.3 is 0 Å². The molecule has 0 radical (unpaired) electrons. The summed E-state index contributed by atoms with van der Waals surface area (Å²) in [6, 6.07) is 6.25. The monoisotopic (exact) mass is 226 g/mol. The van der Waals surface area contributed by atoms with Gasteiger partial charge in [-0.15, -0.1) is 0 Å². The molecule has 0 aliphatic heterocycles. The summed E-state index contributed by atoms with van der Waals surface area (Å²) in [7, 11) is 1.48. The van der Waals surface area contributed by atoms with Gasteiger partial charge in [0, 0.05) is 0 Å². The molecule has 0 spiro atoms. The topological polar surface area (TPSA) is 27.1 Å². The third-order valence-electron chi connectivity index (χ3n) is 1.98. The van der Waals surface area contributed by atoms with E-state index in [1.54, 1.807) is 18.2 Å². The van der Waals surface area contributed by atoms with Crippen molar-refractivity contribution in [1.82, 2.24) is 9.78 Å². The van der Waals surface area contributed by atoms with Gasteiger partial charge in [0.1, 0.15) is 11.5 Å². The molecule has 0 saturated heterocycles. The Balaban J connectivity index is 2.55. The predicted molar refractivity (Wildman–Crippen MR) is 55.1 cm³/mol. The van der Waals surface area contributed by atoms with Crippen LogP contribution in [0.25, 0.3) is 5.69 Å². The van der Waals surface area contributed by atoms with Crippen LogP contribution in [-0.2, 0) is 0 Å². The zero-order valence-electron chi connectivity index (χ0n) is 7.95. The van der Waals surface area contributed by atoms with E-state index < -0.39 is 0 Å². The summed E-state index contributed by atoms with van der Waals surface area (Å²) < 4.78 is 19.6. The van der Waals surface area contributed by atoms with Gasteiger partial charge in [0.05, 0.1) is 13.3 Å². The molecule has 1 aromatic heterocycles. The van der Waals surface area contributed by atoms with E-state index in [4.69, 9.17) is 16.3 Å². The molecule has 3 nitrogen and oxygen atoms in total. The van der Waals surface area contributed by atoms with Crippen LogP contribution in [0.5, 0.6) is 5.75 Å². The number of ether oxygens (including phenoxy) is 1. The van der Waals surface area contributed by atoms with Crippen LogP contribution in [0.3, 0.4) is 0 Å². The van der Waals surface area contributed by atoms with Gasteiger partial charge in [0.2, 0.25) is 0 Å². The lowest BCUT2D eigenvalue weighted by Gasteiger charge is -2.04. The van der Waals surface area contributed by atoms with Crippen LogP contribution in [-0.4, -0.2) is 16.9 Å². The summed E-state index contributed by atoms with van der Waals surface area (Å²) in [6.07, 6.45) is 1.44. The number of hydrogen-bond acceptors (Lipinski definition) is 2. The zero-order chi connectivity index (χ0) is 10.8. The quantitative estimate of drug-likeness (QED) is 0.787. The highest BCUT2D eigenvalue weighted by Crippen LogP contribution is 2.26. The van der Waals surface area contributed by atoms with Crippen molar-refractivity contribution in [1.29, 1.82) is 0 Å². The van der Waals surface area contributed by atoms with Crippen molar-refractivity contribution in [2.45, 2.75) is 0 Å². The van der Waals surface area contributed by atoms with Gasteiger partial charge in [-0.2, -0.15) is 5.10 Å². The number of halogens is 2. The van der Waals surface area contributed by atoms with E-state index in [1.165, 1.54) is 24.1 Å². The van der Waals surface area contributed by atoms with E-state index in [-0.39, 0.29) is 11.0 Å². The van der Waals surface area contributed by atoms with Gasteiger partial charge in [0.25, 0.3) is 0 Å². The molecule has 15 heavy (non-hydrogen) atoms. The zero-order valence-corrected chi connectivity index (χ0v) is 8.70. The first-order valence-electron chi connectivity index (χ1n) is 4.26. The Morgan fingerprint density at radius 3 is 2.73 bits per heavy atom. The maximum Gasteiger partial charge on any atom is 0.176 e. The van der Waals surface area contributed by atoms with Crippen LogP contribution in [0.4, 0.5) is 4.39 Å². The van der Waals surface area contributed by atoms with Crippen molar-refractivity contribution in [3.05, 3.63) is 41.4 Å². The normalized spacial score (nSPS) is 10.3. The molecular formula is C10H8ClFN2O. The lowest BCUT2D eigenvalue weighted by atomic mass is 10.3. The smallest absolute Gasteiger partial charge is 0.176 e. The standard InChI is InChI=1S/C10H8ClFN2O/c1-15-9-6-13-14(10(9)11)8-5-3-2-4-7(8)12/h2-6H,1H3. The SMILES string of the molecule is COc1cnn(-c2ccccc2F)c1Cl. The Labute approximate surface area is 91.0 Å². The van der Waals surface area contributed by atoms with Gasteiger partial charge in [-0.25, -0.2) is 9.07 Å². The second-order valence-electron chi connectivity index (χ2n) is 2.87. The van der Waals surface area contributed by atoms with Crippen LogP contribution < -0.4 is 4.74 Å². The molecule has 2 rings (SSSR count). The Kier molecular flexibility index (Phi) is 2.60. The van der Waals surface area contributed by atoms with Crippen molar-refractivity contribution in [3.63, 3.8) is 0 Å². The van der Waals surface area contributed by atoms with Gasteiger partial charge in [-0.05, 0) is 12.1 Å². The predicted octanol–water partition coefficient (Wildman–Crippen LogP) is 2.67. The van der Waals surface area contributed by atoms with Crippen molar-refractivity contribution in [3.8, 4) is 11.4 Å². The summed E-state index contributed by atoms with van der Waals surface area (Å²) in [5.74, 6) is 0.0325. The molecule has 0 unspecified atom stereocenters. The molecule has 0 aliphatic rings.